The second-order valence-corrected chi connectivity index (χ2v) is 10.3. The van der Waals surface area contributed by atoms with Crippen molar-refractivity contribution in [3.8, 4) is 11.5 Å². The Hall–Kier alpha value is -3.98. The Kier molecular flexibility index (Phi) is 5.86. The van der Waals surface area contributed by atoms with Crippen LogP contribution < -0.4 is 20.7 Å². The number of rotatable bonds is 4. The number of ether oxygens (including phenoxy) is 1. The summed E-state index contributed by atoms with van der Waals surface area (Å²) in [5.74, 6) is 1.78. The number of hydrogen-bond donors (Lipinski definition) is 3. The van der Waals surface area contributed by atoms with Crippen LogP contribution in [0.15, 0.2) is 54.9 Å². The zero-order valence-corrected chi connectivity index (χ0v) is 20.5. The largest absolute Gasteiger partial charge is 0.456 e. The minimum absolute atomic E-state index is 0.0280. The molecule has 3 N–H and O–H groups in total. The summed E-state index contributed by atoms with van der Waals surface area (Å²) in [7, 11) is 0. The summed E-state index contributed by atoms with van der Waals surface area (Å²) in [4.78, 5) is 34.1. The molecule has 3 heterocycles. The second-order valence-electron chi connectivity index (χ2n) is 9.30. The van der Waals surface area contributed by atoms with Crippen molar-refractivity contribution >= 4 is 50.7 Å². The molecule has 4 aromatic rings. The predicted octanol–water partition coefficient (Wildman–Crippen LogP) is 6.31. The van der Waals surface area contributed by atoms with Crippen molar-refractivity contribution in [2.45, 2.75) is 39.0 Å². The van der Waals surface area contributed by atoms with Crippen LogP contribution >= 0.6 is 11.3 Å². The molecule has 0 saturated heterocycles. The van der Waals surface area contributed by atoms with Gasteiger partial charge in [0.05, 0.1) is 5.69 Å². The summed E-state index contributed by atoms with van der Waals surface area (Å²) in [6.45, 7) is 6.33. The van der Waals surface area contributed by atoms with Gasteiger partial charge < -0.3 is 15.4 Å². The molecule has 5 rings (SSSR count). The quantitative estimate of drug-likeness (QED) is 0.313. The van der Waals surface area contributed by atoms with Gasteiger partial charge in [0.2, 0.25) is 5.91 Å². The standard InChI is InChI=1S/C26H25N5O3S/c1-26(2,3)21-14-28-25(35-21)31-24(33)29-18-9-10-19(16-7-5-4-6-15(16)18)34-20-12-13-27-23-17(20)8-11-22(32)30-23/h4-7,9-10,12-14H,8,11H2,1-3H3,(H,27,30,32)(H2,28,29,31,33). The molecule has 0 fully saturated rings. The molecular formula is C26H25N5O3S. The highest BCUT2D eigenvalue weighted by Gasteiger charge is 2.21. The topological polar surface area (TPSA) is 105 Å². The van der Waals surface area contributed by atoms with Gasteiger partial charge in [-0.3, -0.25) is 10.1 Å². The van der Waals surface area contributed by atoms with E-state index in [-0.39, 0.29) is 17.4 Å². The molecule has 0 atom stereocenters. The van der Waals surface area contributed by atoms with E-state index in [4.69, 9.17) is 4.74 Å². The Labute approximate surface area is 206 Å². The third-order valence-corrected chi connectivity index (χ3v) is 7.03. The summed E-state index contributed by atoms with van der Waals surface area (Å²) in [5.41, 5.74) is 1.50. The van der Waals surface area contributed by atoms with E-state index in [0.717, 1.165) is 21.2 Å². The average molecular weight is 488 g/mol. The zero-order chi connectivity index (χ0) is 24.6. The highest BCUT2D eigenvalue weighted by atomic mass is 32.1. The van der Waals surface area contributed by atoms with E-state index in [0.29, 0.717) is 41.0 Å². The second kappa shape index (κ2) is 8.99. The van der Waals surface area contributed by atoms with Gasteiger partial charge in [0.25, 0.3) is 0 Å². The summed E-state index contributed by atoms with van der Waals surface area (Å²) in [6, 6.07) is 12.8. The van der Waals surface area contributed by atoms with E-state index in [1.807, 2.05) is 36.4 Å². The lowest BCUT2D eigenvalue weighted by Gasteiger charge is -2.19. The van der Waals surface area contributed by atoms with Crippen LogP contribution in [0.3, 0.4) is 0 Å². The number of aromatic nitrogens is 2. The van der Waals surface area contributed by atoms with Crippen LogP contribution in [0, 0.1) is 0 Å². The van der Waals surface area contributed by atoms with Crippen molar-refractivity contribution in [2.75, 3.05) is 16.0 Å². The van der Waals surface area contributed by atoms with Crippen molar-refractivity contribution in [3.63, 3.8) is 0 Å². The van der Waals surface area contributed by atoms with Crippen LogP contribution in [0.2, 0.25) is 0 Å². The lowest BCUT2D eigenvalue weighted by atomic mass is 9.96. The molecule has 2 aromatic carbocycles. The maximum Gasteiger partial charge on any atom is 0.325 e. The molecule has 2 aromatic heterocycles. The maximum atomic E-state index is 12.7. The number of thiazole rings is 1. The van der Waals surface area contributed by atoms with Crippen LogP contribution in [0.5, 0.6) is 11.5 Å². The van der Waals surface area contributed by atoms with Gasteiger partial charge in [-0.2, -0.15) is 0 Å². The Morgan fingerprint density at radius 1 is 1.00 bits per heavy atom. The van der Waals surface area contributed by atoms with Crippen LogP contribution in [0.25, 0.3) is 10.8 Å². The lowest BCUT2D eigenvalue weighted by molar-refractivity contribution is -0.116. The van der Waals surface area contributed by atoms with E-state index in [2.05, 4.69) is 46.7 Å². The number of nitrogens with zero attached hydrogens (tertiary/aromatic N) is 2. The molecule has 9 heteroatoms. The lowest BCUT2D eigenvalue weighted by Crippen LogP contribution is -2.20. The molecule has 1 aliphatic heterocycles. The number of anilines is 3. The van der Waals surface area contributed by atoms with Gasteiger partial charge in [0.15, 0.2) is 5.13 Å². The highest BCUT2D eigenvalue weighted by Crippen LogP contribution is 2.38. The predicted molar refractivity (Wildman–Crippen MR) is 139 cm³/mol. The number of carbonyl (C=O) groups excluding carboxylic acids is 2. The van der Waals surface area contributed by atoms with Crippen LogP contribution in [0.4, 0.5) is 21.4 Å². The van der Waals surface area contributed by atoms with E-state index in [1.54, 1.807) is 18.5 Å². The monoisotopic (exact) mass is 487 g/mol. The fourth-order valence-corrected chi connectivity index (χ4v) is 4.74. The highest BCUT2D eigenvalue weighted by molar-refractivity contribution is 7.15. The third-order valence-electron chi connectivity index (χ3n) is 5.69. The van der Waals surface area contributed by atoms with Crippen LogP contribution in [-0.2, 0) is 16.6 Å². The SMILES string of the molecule is CC(C)(C)c1cnc(NC(=O)Nc2ccc(Oc3ccnc4c3CCC(=O)N4)c3ccccc23)s1. The fourth-order valence-electron chi connectivity index (χ4n) is 3.87. The first-order chi connectivity index (χ1) is 16.8. The smallest absolute Gasteiger partial charge is 0.325 e. The first-order valence-electron chi connectivity index (χ1n) is 11.3. The van der Waals surface area contributed by atoms with Gasteiger partial charge >= 0.3 is 6.03 Å². The zero-order valence-electron chi connectivity index (χ0n) is 19.6. The molecule has 0 saturated carbocycles. The average Bonchev–Trinajstić information content (AvgIpc) is 3.29. The van der Waals surface area contributed by atoms with Crippen molar-refractivity contribution in [2.24, 2.45) is 0 Å². The molecule has 0 spiro atoms. The van der Waals surface area contributed by atoms with Crippen molar-refractivity contribution in [3.05, 3.63) is 65.3 Å². The first kappa shape index (κ1) is 22.8. The van der Waals surface area contributed by atoms with E-state index in [1.165, 1.54) is 11.3 Å². The molecule has 8 nitrogen and oxygen atoms in total. The molecule has 0 bridgehead atoms. The normalized spacial score (nSPS) is 13.2. The van der Waals surface area contributed by atoms with Crippen LogP contribution in [-0.4, -0.2) is 21.9 Å². The molecule has 35 heavy (non-hydrogen) atoms. The Bertz CT molecular complexity index is 1440. The molecule has 0 aliphatic carbocycles. The number of carbonyl (C=O) groups is 2. The number of urea groups is 1. The van der Waals surface area contributed by atoms with Crippen LogP contribution in [0.1, 0.15) is 37.6 Å². The Morgan fingerprint density at radius 3 is 2.57 bits per heavy atom. The third kappa shape index (κ3) is 4.81. The fraction of sp³-hybridized carbons (Fsp3) is 0.231. The van der Waals surface area contributed by atoms with E-state index < -0.39 is 0 Å². The Morgan fingerprint density at radius 2 is 1.80 bits per heavy atom. The molecule has 0 radical (unpaired) electrons. The minimum atomic E-state index is -0.363. The summed E-state index contributed by atoms with van der Waals surface area (Å²) >= 11 is 1.46. The van der Waals surface area contributed by atoms with E-state index >= 15 is 0 Å². The van der Waals surface area contributed by atoms with Crippen molar-refractivity contribution in [1.29, 1.82) is 0 Å². The summed E-state index contributed by atoms with van der Waals surface area (Å²) in [5, 5.41) is 10.8. The number of fused-ring (bicyclic) bond motifs is 2. The minimum Gasteiger partial charge on any atom is -0.456 e. The van der Waals surface area contributed by atoms with Gasteiger partial charge in [-0.15, -0.1) is 11.3 Å². The van der Waals surface area contributed by atoms with Gasteiger partial charge in [0.1, 0.15) is 17.3 Å². The number of amides is 3. The van der Waals surface area contributed by atoms with Crippen molar-refractivity contribution < 1.29 is 14.3 Å². The molecule has 178 valence electrons. The number of benzene rings is 2. The van der Waals surface area contributed by atoms with Crippen molar-refractivity contribution in [1.82, 2.24) is 9.97 Å². The van der Waals surface area contributed by atoms with Gasteiger partial charge in [-0.1, -0.05) is 45.0 Å². The molecule has 3 amide bonds. The number of nitrogens with one attached hydrogen (secondary N) is 3. The molecular weight excluding hydrogens is 462 g/mol. The maximum absolute atomic E-state index is 12.7. The summed E-state index contributed by atoms with van der Waals surface area (Å²) in [6.07, 6.45) is 4.37. The van der Waals surface area contributed by atoms with Gasteiger partial charge in [-0.25, -0.2) is 14.8 Å². The molecule has 0 unspecified atom stereocenters. The van der Waals surface area contributed by atoms with E-state index in [9.17, 15) is 9.59 Å². The van der Waals surface area contributed by atoms with Gasteiger partial charge in [-0.05, 0) is 30.0 Å². The van der Waals surface area contributed by atoms with Gasteiger partial charge in [0, 0.05) is 40.0 Å². The molecule has 1 aliphatic rings. The summed E-state index contributed by atoms with van der Waals surface area (Å²) < 4.78 is 6.29. The number of pyridine rings is 1. The number of hydrogen-bond acceptors (Lipinski definition) is 6. The Balaban J connectivity index is 1.39. The first-order valence-corrected chi connectivity index (χ1v) is 12.1.